The lowest BCUT2D eigenvalue weighted by Crippen LogP contribution is -2.30. The van der Waals surface area contributed by atoms with E-state index >= 15 is 0 Å². The fourth-order valence-corrected chi connectivity index (χ4v) is 2.13. The Bertz CT molecular complexity index is 561. The number of rotatable bonds is 6. The van der Waals surface area contributed by atoms with E-state index in [9.17, 15) is 8.42 Å². The van der Waals surface area contributed by atoms with Crippen LogP contribution in [-0.2, 0) is 10.2 Å². The van der Waals surface area contributed by atoms with Gasteiger partial charge >= 0.3 is 0 Å². The second kappa shape index (κ2) is 7.74. The zero-order valence-corrected chi connectivity index (χ0v) is 11.5. The van der Waals surface area contributed by atoms with Crippen molar-refractivity contribution in [2.75, 3.05) is 17.9 Å². The third kappa shape index (κ3) is 6.20. The third-order valence-corrected chi connectivity index (χ3v) is 3.07. The molecule has 1 aromatic rings. The minimum atomic E-state index is -3.59. The first kappa shape index (κ1) is 15.4. The van der Waals surface area contributed by atoms with Gasteiger partial charge in [-0.15, -0.1) is 0 Å². The Kier molecular flexibility index (Phi) is 6.29. The first-order chi connectivity index (χ1) is 9.07. The molecule has 0 aromatic carbocycles. The van der Waals surface area contributed by atoms with Crippen LogP contribution in [0.25, 0.3) is 0 Å². The molecule has 7 heteroatoms. The summed E-state index contributed by atoms with van der Waals surface area (Å²) in [5, 5.41) is 8.62. The Morgan fingerprint density at radius 2 is 2.26 bits per heavy atom. The highest BCUT2D eigenvalue weighted by atomic mass is 32.2. The molecule has 0 saturated carbocycles. The molecule has 3 N–H and O–H groups in total. The molecule has 1 heterocycles. The van der Waals surface area contributed by atoms with Gasteiger partial charge in [-0.05, 0) is 18.6 Å². The van der Waals surface area contributed by atoms with Crippen LogP contribution in [0, 0.1) is 11.8 Å². The van der Waals surface area contributed by atoms with Gasteiger partial charge in [-0.1, -0.05) is 18.8 Å². The molecule has 0 spiro atoms. The van der Waals surface area contributed by atoms with Gasteiger partial charge in [-0.25, -0.2) is 4.98 Å². The van der Waals surface area contributed by atoms with Gasteiger partial charge < -0.3 is 5.11 Å². The van der Waals surface area contributed by atoms with Gasteiger partial charge in [0.25, 0.3) is 10.2 Å². The number of hydrogen-bond donors (Lipinski definition) is 3. The molecule has 1 aromatic heterocycles. The zero-order valence-electron chi connectivity index (χ0n) is 10.7. The van der Waals surface area contributed by atoms with Crippen molar-refractivity contribution in [1.82, 2.24) is 9.71 Å². The number of anilines is 1. The number of aromatic nitrogens is 1. The van der Waals surface area contributed by atoms with Crippen LogP contribution in [0.4, 0.5) is 5.82 Å². The van der Waals surface area contributed by atoms with Crippen LogP contribution in [0.5, 0.6) is 0 Å². The molecule has 0 aliphatic rings. The van der Waals surface area contributed by atoms with Crippen molar-refractivity contribution in [3.63, 3.8) is 0 Å². The monoisotopic (exact) mass is 283 g/mol. The first-order valence-corrected chi connectivity index (χ1v) is 7.39. The second-order valence-corrected chi connectivity index (χ2v) is 5.20. The Balaban J connectivity index is 2.75. The average Bonchev–Trinajstić information content (AvgIpc) is 2.37. The molecule has 0 unspecified atom stereocenters. The summed E-state index contributed by atoms with van der Waals surface area (Å²) in [6.45, 7) is 2.24. The summed E-state index contributed by atoms with van der Waals surface area (Å²) >= 11 is 0. The summed E-state index contributed by atoms with van der Waals surface area (Å²) < 4.78 is 27.9. The summed E-state index contributed by atoms with van der Waals surface area (Å²) in [5.74, 6) is 5.77. The van der Waals surface area contributed by atoms with Crippen LogP contribution >= 0.6 is 0 Å². The molecule has 0 aliphatic heterocycles. The predicted octanol–water partition coefficient (Wildman–Crippen LogP) is 0.472. The maximum Gasteiger partial charge on any atom is 0.300 e. The summed E-state index contributed by atoms with van der Waals surface area (Å²) in [4.78, 5) is 3.91. The number of nitrogens with zero attached hydrogens (tertiary/aromatic N) is 1. The number of nitrogens with one attached hydrogen (secondary N) is 2. The van der Waals surface area contributed by atoms with Crippen LogP contribution in [0.15, 0.2) is 18.3 Å². The molecule has 0 saturated heterocycles. The largest absolute Gasteiger partial charge is 0.395 e. The lowest BCUT2D eigenvalue weighted by molar-refractivity contribution is 0.305. The topological polar surface area (TPSA) is 91.3 Å². The van der Waals surface area contributed by atoms with Gasteiger partial charge in [0.15, 0.2) is 0 Å². The van der Waals surface area contributed by atoms with Gasteiger partial charge in [0.2, 0.25) is 0 Å². The number of hydrogen-bond acceptors (Lipinski definition) is 4. The van der Waals surface area contributed by atoms with Crippen molar-refractivity contribution in [1.29, 1.82) is 0 Å². The molecule has 0 atom stereocenters. The quantitative estimate of drug-likeness (QED) is 0.662. The number of aliphatic hydroxyl groups excluding tert-OH is 1. The standard InChI is InChI=1S/C12H17N3O3S/c1-2-7-14-19(17,18)15-12-10-11(6-8-13-12)5-3-4-9-16/h6,8,10,14,16H,2,4,7,9H2,1H3,(H,13,15). The molecule has 1 rings (SSSR count). The summed E-state index contributed by atoms with van der Waals surface area (Å²) in [6.07, 6.45) is 2.56. The fourth-order valence-electron chi connectivity index (χ4n) is 1.19. The normalized spacial score (nSPS) is 10.6. The van der Waals surface area contributed by atoms with Crippen molar-refractivity contribution in [2.24, 2.45) is 0 Å². The van der Waals surface area contributed by atoms with Crippen molar-refractivity contribution in [3.05, 3.63) is 23.9 Å². The maximum absolute atomic E-state index is 11.6. The summed E-state index contributed by atoms with van der Waals surface area (Å²) in [5.41, 5.74) is 0.636. The molecule has 0 radical (unpaired) electrons. The van der Waals surface area contributed by atoms with E-state index in [0.717, 1.165) is 0 Å². The van der Waals surface area contributed by atoms with E-state index in [1.807, 2.05) is 6.92 Å². The van der Waals surface area contributed by atoms with Crippen LogP contribution in [0.1, 0.15) is 25.3 Å². The van der Waals surface area contributed by atoms with E-state index in [4.69, 9.17) is 5.11 Å². The van der Waals surface area contributed by atoms with Crippen molar-refractivity contribution in [3.8, 4) is 11.8 Å². The Labute approximate surface area is 113 Å². The lowest BCUT2D eigenvalue weighted by Gasteiger charge is -2.07. The van der Waals surface area contributed by atoms with E-state index < -0.39 is 10.2 Å². The Morgan fingerprint density at radius 1 is 1.47 bits per heavy atom. The minimum absolute atomic E-state index is 0.00148. The van der Waals surface area contributed by atoms with E-state index in [0.29, 0.717) is 24.9 Å². The van der Waals surface area contributed by atoms with Gasteiger partial charge in [0.1, 0.15) is 5.82 Å². The molecule has 0 bridgehead atoms. The highest BCUT2D eigenvalue weighted by Crippen LogP contribution is 2.07. The molecule has 0 amide bonds. The van der Waals surface area contributed by atoms with Crippen molar-refractivity contribution in [2.45, 2.75) is 19.8 Å². The molecule has 0 fully saturated rings. The summed E-state index contributed by atoms with van der Waals surface area (Å²) in [6, 6.07) is 3.21. The fraction of sp³-hybridized carbons (Fsp3) is 0.417. The minimum Gasteiger partial charge on any atom is -0.395 e. The van der Waals surface area contributed by atoms with Crippen molar-refractivity contribution >= 4 is 16.0 Å². The molecule has 104 valence electrons. The van der Waals surface area contributed by atoms with Gasteiger partial charge in [-0.2, -0.15) is 13.1 Å². The number of pyridine rings is 1. The predicted molar refractivity (Wildman–Crippen MR) is 73.7 cm³/mol. The van der Waals surface area contributed by atoms with E-state index in [2.05, 4.69) is 26.3 Å². The third-order valence-electron chi connectivity index (χ3n) is 2.01. The van der Waals surface area contributed by atoms with E-state index in [1.54, 1.807) is 6.07 Å². The first-order valence-electron chi connectivity index (χ1n) is 5.90. The highest BCUT2D eigenvalue weighted by molar-refractivity contribution is 7.90. The maximum atomic E-state index is 11.6. The molecule has 6 nitrogen and oxygen atoms in total. The van der Waals surface area contributed by atoms with Gasteiger partial charge in [0.05, 0.1) is 6.61 Å². The highest BCUT2D eigenvalue weighted by Gasteiger charge is 2.09. The van der Waals surface area contributed by atoms with Crippen LogP contribution in [0.3, 0.4) is 0 Å². The second-order valence-electron chi connectivity index (χ2n) is 3.70. The zero-order chi connectivity index (χ0) is 14.1. The van der Waals surface area contributed by atoms with E-state index in [-0.39, 0.29) is 12.4 Å². The Hall–Kier alpha value is -1.62. The molecular weight excluding hydrogens is 266 g/mol. The van der Waals surface area contributed by atoms with Crippen molar-refractivity contribution < 1.29 is 13.5 Å². The SMILES string of the molecule is CCCNS(=O)(=O)Nc1cc(C#CCCO)ccn1. The molecular formula is C12H17N3O3S. The Morgan fingerprint density at radius 3 is 2.95 bits per heavy atom. The van der Waals surface area contributed by atoms with Crippen LogP contribution < -0.4 is 9.44 Å². The van der Waals surface area contributed by atoms with Crippen LogP contribution in [0.2, 0.25) is 0 Å². The summed E-state index contributed by atoms with van der Waals surface area (Å²) in [7, 11) is -3.59. The molecule has 19 heavy (non-hydrogen) atoms. The van der Waals surface area contributed by atoms with Crippen LogP contribution in [-0.4, -0.2) is 31.7 Å². The van der Waals surface area contributed by atoms with E-state index in [1.165, 1.54) is 12.3 Å². The average molecular weight is 283 g/mol. The van der Waals surface area contributed by atoms with Gasteiger partial charge in [0, 0.05) is 24.7 Å². The lowest BCUT2D eigenvalue weighted by atomic mass is 10.2. The smallest absolute Gasteiger partial charge is 0.300 e. The number of aliphatic hydroxyl groups is 1. The van der Waals surface area contributed by atoms with Gasteiger partial charge in [-0.3, -0.25) is 4.72 Å². The molecule has 0 aliphatic carbocycles.